The molecule has 54 valence electrons. The Bertz CT molecular complexity index is 162. The molecule has 0 spiro atoms. The minimum Gasteiger partial charge on any atom is -0.398 e. The van der Waals surface area contributed by atoms with Gasteiger partial charge in [0.1, 0.15) is 0 Å². The van der Waals surface area contributed by atoms with Gasteiger partial charge in [-0.05, 0) is 12.6 Å². The molecule has 0 unspecified atom stereocenters. The number of allylic oxidation sites excluding steroid dienone is 2. The molecule has 10 heavy (non-hydrogen) atoms. The van der Waals surface area contributed by atoms with Gasteiger partial charge < -0.3 is 11.1 Å². The van der Waals surface area contributed by atoms with Crippen LogP contribution in [-0.2, 0) is 0 Å². The summed E-state index contributed by atoms with van der Waals surface area (Å²) in [7, 11) is 0. The molecule has 0 radical (unpaired) electrons. The molecule has 0 atom stereocenters. The molecule has 0 aliphatic heterocycles. The average Bonchev–Trinajstić information content (AvgIpc) is 1.97. The van der Waals surface area contributed by atoms with E-state index in [1.165, 1.54) is 6.20 Å². The van der Waals surface area contributed by atoms with E-state index in [0.29, 0.717) is 0 Å². The van der Waals surface area contributed by atoms with E-state index >= 15 is 0 Å². The first-order chi connectivity index (χ1) is 4.91. The van der Waals surface area contributed by atoms with Crippen LogP contribution in [-0.4, -0.2) is 0 Å². The van der Waals surface area contributed by atoms with Crippen molar-refractivity contribution in [1.82, 2.24) is 5.32 Å². The molecule has 0 aromatic carbocycles. The third-order valence-corrected chi connectivity index (χ3v) is 0.780. The van der Waals surface area contributed by atoms with Gasteiger partial charge in [-0.2, -0.15) is 0 Å². The highest BCUT2D eigenvalue weighted by Crippen LogP contribution is 1.78. The molecule has 2 heteroatoms. The Morgan fingerprint density at radius 2 is 2.40 bits per heavy atom. The Morgan fingerprint density at radius 1 is 1.60 bits per heavy atom. The maximum absolute atomic E-state index is 5.02. The zero-order valence-electron chi connectivity index (χ0n) is 5.88. The molecule has 0 aromatic rings. The third kappa shape index (κ3) is 6.60. The van der Waals surface area contributed by atoms with Gasteiger partial charge >= 0.3 is 0 Å². The summed E-state index contributed by atoms with van der Waals surface area (Å²) in [6.45, 7) is 3.56. The highest BCUT2D eigenvalue weighted by atomic mass is 14.8. The SMILES string of the molecule is C=CC/C=C/NC=C=CN. The first-order valence-corrected chi connectivity index (χ1v) is 3.05. The fraction of sp³-hybridized carbons (Fsp3) is 0.125. The van der Waals surface area contributed by atoms with Gasteiger partial charge in [0, 0.05) is 12.4 Å². The van der Waals surface area contributed by atoms with Crippen LogP contribution in [0.5, 0.6) is 0 Å². The number of nitrogens with two attached hydrogens (primary N) is 1. The van der Waals surface area contributed by atoms with E-state index in [2.05, 4.69) is 17.6 Å². The summed E-state index contributed by atoms with van der Waals surface area (Å²) in [4.78, 5) is 0. The summed E-state index contributed by atoms with van der Waals surface area (Å²) >= 11 is 0. The maximum Gasteiger partial charge on any atom is 0.0452 e. The van der Waals surface area contributed by atoms with Crippen LogP contribution < -0.4 is 11.1 Å². The molecule has 0 rings (SSSR count). The summed E-state index contributed by atoms with van der Waals surface area (Å²) in [5, 5.41) is 2.85. The van der Waals surface area contributed by atoms with Crippen LogP contribution in [0.25, 0.3) is 0 Å². The largest absolute Gasteiger partial charge is 0.398 e. The van der Waals surface area contributed by atoms with Gasteiger partial charge in [0.15, 0.2) is 0 Å². The highest BCUT2D eigenvalue weighted by Gasteiger charge is 1.64. The summed E-state index contributed by atoms with van der Waals surface area (Å²) < 4.78 is 0. The van der Waals surface area contributed by atoms with Crippen molar-refractivity contribution in [3.8, 4) is 0 Å². The van der Waals surface area contributed by atoms with Gasteiger partial charge in [-0.1, -0.05) is 17.9 Å². The molecule has 0 amide bonds. The minimum atomic E-state index is 0.868. The lowest BCUT2D eigenvalue weighted by atomic mass is 10.4. The zero-order chi connectivity index (χ0) is 7.66. The van der Waals surface area contributed by atoms with Gasteiger partial charge in [0.2, 0.25) is 0 Å². The van der Waals surface area contributed by atoms with Crippen molar-refractivity contribution in [3.05, 3.63) is 43.1 Å². The van der Waals surface area contributed by atoms with Crippen molar-refractivity contribution in [2.45, 2.75) is 6.42 Å². The van der Waals surface area contributed by atoms with E-state index in [-0.39, 0.29) is 0 Å². The molecule has 0 bridgehead atoms. The Balaban J connectivity index is 3.35. The quantitative estimate of drug-likeness (QED) is 0.451. The van der Waals surface area contributed by atoms with E-state index in [1.54, 1.807) is 12.4 Å². The molecule has 0 saturated heterocycles. The van der Waals surface area contributed by atoms with Gasteiger partial charge in [-0.25, -0.2) is 0 Å². The van der Waals surface area contributed by atoms with Crippen LogP contribution >= 0.6 is 0 Å². The first kappa shape index (κ1) is 8.60. The summed E-state index contributed by atoms with van der Waals surface area (Å²) in [6, 6.07) is 0. The van der Waals surface area contributed by atoms with Gasteiger partial charge in [0.05, 0.1) is 0 Å². The molecule has 0 saturated carbocycles. The Morgan fingerprint density at radius 3 is 3.00 bits per heavy atom. The van der Waals surface area contributed by atoms with Crippen molar-refractivity contribution in [3.63, 3.8) is 0 Å². The lowest BCUT2D eigenvalue weighted by Crippen LogP contribution is -1.89. The lowest BCUT2D eigenvalue weighted by molar-refractivity contribution is 1.17. The summed E-state index contributed by atoms with van der Waals surface area (Å²) in [6.07, 6.45) is 9.40. The minimum absolute atomic E-state index is 0.868. The smallest absolute Gasteiger partial charge is 0.0452 e. The molecule has 0 fully saturated rings. The summed E-state index contributed by atoms with van der Waals surface area (Å²) in [5.74, 6) is 0. The standard InChI is InChI=1S/C8H12N2/c1-2-3-4-7-10-8-5-6-9/h2,4,6-8,10H,1,3,9H2/b7-4+. The maximum atomic E-state index is 5.02. The van der Waals surface area contributed by atoms with E-state index in [4.69, 9.17) is 5.73 Å². The number of hydrogen-bond donors (Lipinski definition) is 2. The van der Waals surface area contributed by atoms with Crippen molar-refractivity contribution < 1.29 is 0 Å². The van der Waals surface area contributed by atoms with Crippen LogP contribution in [0.1, 0.15) is 6.42 Å². The first-order valence-electron chi connectivity index (χ1n) is 3.05. The van der Waals surface area contributed by atoms with Crippen LogP contribution in [0, 0.1) is 0 Å². The van der Waals surface area contributed by atoms with Crippen molar-refractivity contribution >= 4 is 0 Å². The molecular formula is C8H12N2. The van der Waals surface area contributed by atoms with Gasteiger partial charge in [-0.3, -0.25) is 0 Å². The average molecular weight is 136 g/mol. The van der Waals surface area contributed by atoms with Crippen LogP contribution in [0.15, 0.2) is 43.1 Å². The molecule has 0 aliphatic carbocycles. The van der Waals surface area contributed by atoms with Crippen molar-refractivity contribution in [2.24, 2.45) is 5.73 Å². The van der Waals surface area contributed by atoms with Gasteiger partial charge in [0.25, 0.3) is 0 Å². The van der Waals surface area contributed by atoms with E-state index < -0.39 is 0 Å². The normalized spacial score (nSPS) is 8.40. The monoisotopic (exact) mass is 136 g/mol. The summed E-state index contributed by atoms with van der Waals surface area (Å²) in [5.41, 5.74) is 7.69. The molecule has 3 N–H and O–H groups in total. The lowest BCUT2D eigenvalue weighted by Gasteiger charge is -1.83. The third-order valence-electron chi connectivity index (χ3n) is 0.780. The molecule has 0 aliphatic rings. The predicted octanol–water partition coefficient (Wildman–Crippen LogP) is 1.25. The van der Waals surface area contributed by atoms with Gasteiger partial charge in [-0.15, -0.1) is 6.58 Å². The van der Waals surface area contributed by atoms with Crippen LogP contribution in [0.3, 0.4) is 0 Å². The Hall–Kier alpha value is -1.40. The van der Waals surface area contributed by atoms with Crippen LogP contribution in [0.2, 0.25) is 0 Å². The van der Waals surface area contributed by atoms with Crippen molar-refractivity contribution in [1.29, 1.82) is 0 Å². The second kappa shape index (κ2) is 7.60. The molecule has 2 nitrogen and oxygen atoms in total. The fourth-order valence-corrected chi connectivity index (χ4v) is 0.377. The fourth-order valence-electron chi connectivity index (χ4n) is 0.377. The topological polar surface area (TPSA) is 38.0 Å². The van der Waals surface area contributed by atoms with Crippen LogP contribution in [0.4, 0.5) is 0 Å². The van der Waals surface area contributed by atoms with E-state index in [9.17, 15) is 0 Å². The second-order valence-electron chi connectivity index (χ2n) is 1.57. The number of hydrogen-bond acceptors (Lipinski definition) is 2. The zero-order valence-corrected chi connectivity index (χ0v) is 5.88. The molecular weight excluding hydrogens is 124 g/mol. The van der Waals surface area contributed by atoms with Crippen molar-refractivity contribution in [2.75, 3.05) is 0 Å². The molecule has 0 heterocycles. The number of nitrogens with one attached hydrogen (secondary N) is 1. The highest BCUT2D eigenvalue weighted by molar-refractivity contribution is 4.91. The second-order valence-corrected chi connectivity index (χ2v) is 1.57. The number of rotatable bonds is 4. The Labute approximate surface area is 61.4 Å². The molecule has 0 aromatic heterocycles. The van der Waals surface area contributed by atoms with E-state index in [1.807, 2.05) is 12.2 Å². The Kier molecular flexibility index (Phi) is 6.54. The van der Waals surface area contributed by atoms with E-state index in [0.717, 1.165) is 6.42 Å². The predicted molar refractivity (Wildman–Crippen MR) is 43.9 cm³/mol.